The largest absolute Gasteiger partial charge is 0.304 e. The molecule has 1 aliphatic rings. The minimum Gasteiger partial charge on any atom is -0.304 e. The van der Waals surface area contributed by atoms with Gasteiger partial charge in [0, 0.05) is 16.9 Å². The van der Waals surface area contributed by atoms with Crippen molar-refractivity contribution < 1.29 is 9.59 Å². The third kappa shape index (κ3) is 2.91. The fourth-order valence-electron chi connectivity index (χ4n) is 2.50. The van der Waals surface area contributed by atoms with Gasteiger partial charge in [-0.15, -0.1) is 11.6 Å². The number of anilines is 1. The number of fused-ring (bicyclic) bond motifs is 1. The molecule has 0 N–H and O–H groups in total. The Balaban J connectivity index is 2.24. The quantitative estimate of drug-likeness (QED) is 0.590. The topological polar surface area (TPSA) is 37.4 Å². The number of aryl methyl sites for hydroxylation is 1. The van der Waals surface area contributed by atoms with Gasteiger partial charge >= 0.3 is 0 Å². The molecule has 1 aromatic rings. The Morgan fingerprint density at radius 1 is 1.30 bits per heavy atom. The second-order valence-electron chi connectivity index (χ2n) is 5.28. The Bertz CT molecular complexity index is 559. The van der Waals surface area contributed by atoms with Crippen molar-refractivity contribution in [3.63, 3.8) is 0 Å². The molecule has 1 unspecified atom stereocenters. The second kappa shape index (κ2) is 6.27. The third-order valence-electron chi connectivity index (χ3n) is 3.67. The summed E-state index contributed by atoms with van der Waals surface area (Å²) in [5.74, 6) is 0.236. The van der Waals surface area contributed by atoms with Crippen LogP contribution in [-0.4, -0.2) is 24.1 Å². The lowest BCUT2D eigenvalue weighted by atomic mass is 10.0. The number of halogens is 2. The van der Waals surface area contributed by atoms with E-state index in [2.05, 4.69) is 22.9 Å². The predicted molar refractivity (Wildman–Crippen MR) is 84.7 cm³/mol. The summed E-state index contributed by atoms with van der Waals surface area (Å²) in [6, 6.07) is 3.66. The van der Waals surface area contributed by atoms with Gasteiger partial charge in [0.25, 0.3) is 11.7 Å². The van der Waals surface area contributed by atoms with Crippen molar-refractivity contribution in [1.29, 1.82) is 0 Å². The van der Waals surface area contributed by atoms with Crippen LogP contribution in [0.5, 0.6) is 0 Å². The molecule has 1 aromatic carbocycles. The molecule has 20 heavy (non-hydrogen) atoms. The van der Waals surface area contributed by atoms with Crippen molar-refractivity contribution in [2.24, 2.45) is 5.92 Å². The molecule has 0 aromatic heterocycles. The van der Waals surface area contributed by atoms with Gasteiger partial charge < -0.3 is 4.90 Å². The fraction of sp³-hybridized carbons (Fsp3) is 0.467. The molecular formula is C15H17BrClNO2. The molecule has 1 amide bonds. The van der Waals surface area contributed by atoms with E-state index in [1.807, 2.05) is 13.0 Å². The summed E-state index contributed by atoms with van der Waals surface area (Å²) in [6.45, 7) is 4.60. The van der Waals surface area contributed by atoms with Crippen molar-refractivity contribution >= 4 is 44.9 Å². The minimum absolute atomic E-state index is 0.408. The molecule has 1 atom stereocenters. The zero-order valence-electron chi connectivity index (χ0n) is 11.6. The average Bonchev–Trinajstić information content (AvgIpc) is 2.61. The highest BCUT2D eigenvalue weighted by atomic mass is 79.9. The minimum atomic E-state index is -0.417. The summed E-state index contributed by atoms with van der Waals surface area (Å²) >= 11 is 9.10. The highest BCUT2D eigenvalue weighted by Gasteiger charge is 2.36. The van der Waals surface area contributed by atoms with Crippen LogP contribution in [0.15, 0.2) is 16.6 Å². The second-order valence-corrected chi connectivity index (χ2v) is 6.57. The number of carbonyl (C=O) groups excluding carboxylic acids is 2. The van der Waals surface area contributed by atoms with Crippen LogP contribution in [0.2, 0.25) is 0 Å². The number of alkyl halides is 1. The fourth-order valence-corrected chi connectivity index (χ4v) is 3.44. The molecule has 0 spiro atoms. The Labute approximate surface area is 132 Å². The summed E-state index contributed by atoms with van der Waals surface area (Å²) in [5, 5.41) is 0. The third-order valence-corrected chi connectivity index (χ3v) is 4.34. The number of nitrogens with zero attached hydrogens (tertiary/aromatic N) is 1. The monoisotopic (exact) mass is 357 g/mol. The molecule has 0 bridgehead atoms. The molecule has 1 heterocycles. The number of amides is 1. The van der Waals surface area contributed by atoms with Crippen molar-refractivity contribution in [3.8, 4) is 0 Å². The van der Waals surface area contributed by atoms with Gasteiger partial charge in [0.2, 0.25) is 0 Å². The highest BCUT2D eigenvalue weighted by molar-refractivity contribution is 9.10. The number of carbonyl (C=O) groups is 2. The van der Waals surface area contributed by atoms with Crippen molar-refractivity contribution in [2.75, 3.05) is 17.3 Å². The van der Waals surface area contributed by atoms with Crippen molar-refractivity contribution in [2.45, 2.75) is 26.7 Å². The van der Waals surface area contributed by atoms with Crippen LogP contribution in [0.25, 0.3) is 0 Å². The van der Waals surface area contributed by atoms with Crippen molar-refractivity contribution in [3.05, 3.63) is 27.7 Å². The van der Waals surface area contributed by atoms with Crippen molar-refractivity contribution in [1.82, 2.24) is 0 Å². The molecule has 0 fully saturated rings. The molecule has 108 valence electrons. The molecule has 1 aliphatic heterocycles. The van der Waals surface area contributed by atoms with Gasteiger partial charge in [-0.05, 0) is 43.4 Å². The zero-order valence-corrected chi connectivity index (χ0v) is 13.9. The SMILES string of the molecule is Cc1cc(Br)cc2c1N(CCC(C)CCCl)C(=O)C2=O. The molecule has 0 radical (unpaired) electrons. The summed E-state index contributed by atoms with van der Waals surface area (Å²) in [7, 11) is 0. The lowest BCUT2D eigenvalue weighted by Crippen LogP contribution is -2.31. The molecular weight excluding hydrogens is 342 g/mol. The number of ketones is 1. The first-order chi connectivity index (χ1) is 9.45. The smallest absolute Gasteiger partial charge is 0.299 e. The maximum absolute atomic E-state index is 12.1. The van der Waals surface area contributed by atoms with Crippen LogP contribution in [0.3, 0.4) is 0 Å². The normalized spacial score (nSPS) is 15.7. The molecule has 0 saturated carbocycles. The summed E-state index contributed by atoms with van der Waals surface area (Å²) in [6.07, 6.45) is 1.77. The van der Waals surface area contributed by atoms with E-state index in [0.29, 0.717) is 23.9 Å². The highest BCUT2D eigenvalue weighted by Crippen LogP contribution is 2.35. The van der Waals surface area contributed by atoms with Crippen LogP contribution >= 0.6 is 27.5 Å². The number of Topliss-reactive ketones (excluding diaryl/α,β-unsaturated/α-hetero) is 1. The molecule has 0 aliphatic carbocycles. The van der Waals surface area contributed by atoms with Crippen LogP contribution < -0.4 is 4.90 Å². The lowest BCUT2D eigenvalue weighted by Gasteiger charge is -2.20. The van der Waals surface area contributed by atoms with Gasteiger partial charge in [0.05, 0.1) is 11.3 Å². The van der Waals surface area contributed by atoms with Gasteiger partial charge in [-0.3, -0.25) is 9.59 Å². The van der Waals surface area contributed by atoms with E-state index < -0.39 is 11.7 Å². The van der Waals surface area contributed by atoms with Gasteiger partial charge in [-0.25, -0.2) is 0 Å². The van der Waals surface area contributed by atoms with Gasteiger partial charge in [0.15, 0.2) is 0 Å². The standard InChI is InChI=1S/C15H17BrClNO2/c1-9(3-5-17)4-6-18-13-10(2)7-11(16)8-12(13)14(19)15(18)20/h7-9H,3-6H2,1-2H3. The number of rotatable bonds is 5. The summed E-state index contributed by atoms with van der Waals surface area (Å²) in [5.41, 5.74) is 2.21. The van der Waals surface area contributed by atoms with Gasteiger partial charge in [0.1, 0.15) is 0 Å². The Morgan fingerprint density at radius 3 is 2.65 bits per heavy atom. The molecule has 0 saturated heterocycles. The number of hydrogen-bond donors (Lipinski definition) is 0. The maximum atomic E-state index is 12.1. The molecule has 5 heteroatoms. The summed E-state index contributed by atoms with van der Waals surface area (Å²) in [4.78, 5) is 25.8. The molecule has 2 rings (SSSR count). The first-order valence-corrected chi connectivity index (χ1v) is 8.00. The van der Waals surface area contributed by atoms with Gasteiger partial charge in [-0.1, -0.05) is 22.9 Å². The first-order valence-electron chi connectivity index (χ1n) is 6.68. The maximum Gasteiger partial charge on any atom is 0.299 e. The van der Waals surface area contributed by atoms with Crippen LogP contribution in [0.4, 0.5) is 5.69 Å². The van der Waals surface area contributed by atoms with Crippen LogP contribution in [-0.2, 0) is 4.79 Å². The Hall–Kier alpha value is -0.870. The lowest BCUT2D eigenvalue weighted by molar-refractivity contribution is -0.114. The van der Waals surface area contributed by atoms with E-state index in [-0.39, 0.29) is 0 Å². The van der Waals surface area contributed by atoms with E-state index in [1.165, 1.54) is 0 Å². The number of benzene rings is 1. The first kappa shape index (κ1) is 15.5. The number of hydrogen-bond acceptors (Lipinski definition) is 2. The van der Waals surface area contributed by atoms with E-state index in [4.69, 9.17) is 11.6 Å². The Morgan fingerprint density at radius 2 is 2.00 bits per heavy atom. The van der Waals surface area contributed by atoms with E-state index in [1.54, 1.807) is 11.0 Å². The Kier molecular flexibility index (Phi) is 4.86. The van der Waals surface area contributed by atoms with E-state index in [9.17, 15) is 9.59 Å². The predicted octanol–water partition coefficient (Wildman–Crippen LogP) is 3.94. The van der Waals surface area contributed by atoms with E-state index in [0.717, 1.165) is 28.6 Å². The van der Waals surface area contributed by atoms with Gasteiger partial charge in [-0.2, -0.15) is 0 Å². The van der Waals surface area contributed by atoms with Crippen LogP contribution in [0.1, 0.15) is 35.7 Å². The van der Waals surface area contributed by atoms with Crippen LogP contribution in [0, 0.1) is 12.8 Å². The van der Waals surface area contributed by atoms with E-state index >= 15 is 0 Å². The zero-order chi connectivity index (χ0) is 14.9. The molecule has 3 nitrogen and oxygen atoms in total. The summed E-state index contributed by atoms with van der Waals surface area (Å²) < 4.78 is 0.826. The average molecular weight is 359 g/mol.